The van der Waals surface area contributed by atoms with Gasteiger partial charge in [-0.15, -0.1) is 0 Å². The van der Waals surface area contributed by atoms with E-state index in [0.29, 0.717) is 5.92 Å². The first-order valence-electron chi connectivity index (χ1n) is 7.36. The lowest BCUT2D eigenvalue weighted by molar-refractivity contribution is -0.0601. The maximum Gasteiger partial charge on any atom is 0.135 e. The van der Waals surface area contributed by atoms with Crippen LogP contribution < -0.4 is 10.6 Å². The number of nitrogens with zero attached hydrogens (tertiary/aromatic N) is 2. The quantitative estimate of drug-likeness (QED) is 0.838. The minimum Gasteiger partial charge on any atom is -0.376 e. The molecule has 0 saturated heterocycles. The van der Waals surface area contributed by atoms with Crippen molar-refractivity contribution in [3.8, 4) is 0 Å². The summed E-state index contributed by atoms with van der Waals surface area (Å²) in [5.74, 6) is 2.98. The summed E-state index contributed by atoms with van der Waals surface area (Å²) in [5.41, 5.74) is 1.05. The molecule has 0 aliphatic heterocycles. The average molecular weight is 278 g/mol. The van der Waals surface area contributed by atoms with E-state index < -0.39 is 0 Å². The predicted molar refractivity (Wildman–Crippen MR) is 82.5 cm³/mol. The maximum absolute atomic E-state index is 5.65. The van der Waals surface area contributed by atoms with Gasteiger partial charge in [0.15, 0.2) is 0 Å². The topological polar surface area (TPSA) is 59.1 Å². The van der Waals surface area contributed by atoms with E-state index in [1.807, 2.05) is 14.0 Å². The van der Waals surface area contributed by atoms with E-state index in [4.69, 9.17) is 4.74 Å². The van der Waals surface area contributed by atoms with Crippen LogP contribution in [0, 0.1) is 6.92 Å². The second-order valence-electron chi connectivity index (χ2n) is 5.90. The van der Waals surface area contributed by atoms with Crippen LogP contribution >= 0.6 is 0 Å². The van der Waals surface area contributed by atoms with Crippen LogP contribution in [-0.4, -0.2) is 36.3 Å². The zero-order valence-corrected chi connectivity index (χ0v) is 13.2. The van der Waals surface area contributed by atoms with E-state index in [9.17, 15) is 0 Å². The van der Waals surface area contributed by atoms with Gasteiger partial charge in [0.1, 0.15) is 17.5 Å². The Labute approximate surface area is 121 Å². The molecule has 0 amide bonds. The van der Waals surface area contributed by atoms with Crippen molar-refractivity contribution >= 4 is 11.6 Å². The first-order chi connectivity index (χ1) is 9.51. The molecule has 1 fully saturated rings. The van der Waals surface area contributed by atoms with Crippen LogP contribution in [-0.2, 0) is 4.74 Å². The van der Waals surface area contributed by atoms with Gasteiger partial charge in [0, 0.05) is 32.2 Å². The normalized spacial score (nSPS) is 16.9. The number of rotatable bonds is 6. The number of hydrogen-bond acceptors (Lipinski definition) is 5. The molecule has 1 heterocycles. The number of hydrogen-bond donors (Lipinski definition) is 2. The van der Waals surface area contributed by atoms with Crippen molar-refractivity contribution in [3.05, 3.63) is 11.4 Å². The highest BCUT2D eigenvalue weighted by Gasteiger charge is 2.37. The second kappa shape index (κ2) is 5.95. The average Bonchev–Trinajstić information content (AvgIpc) is 2.39. The van der Waals surface area contributed by atoms with Crippen molar-refractivity contribution in [3.63, 3.8) is 0 Å². The van der Waals surface area contributed by atoms with E-state index >= 15 is 0 Å². The molecule has 0 aromatic carbocycles. The van der Waals surface area contributed by atoms with Crippen LogP contribution in [0.5, 0.6) is 0 Å². The Kier molecular flexibility index (Phi) is 4.48. The molecule has 1 aromatic heterocycles. The Morgan fingerprint density at radius 1 is 1.25 bits per heavy atom. The molecule has 1 aromatic rings. The Hall–Kier alpha value is -1.36. The molecular formula is C15H26N4O. The highest BCUT2D eigenvalue weighted by molar-refractivity contribution is 5.57. The van der Waals surface area contributed by atoms with E-state index in [0.717, 1.165) is 42.4 Å². The molecule has 5 heteroatoms. The molecule has 5 nitrogen and oxygen atoms in total. The second-order valence-corrected chi connectivity index (χ2v) is 5.90. The van der Waals surface area contributed by atoms with Crippen molar-refractivity contribution in [2.24, 2.45) is 0 Å². The summed E-state index contributed by atoms with van der Waals surface area (Å²) >= 11 is 0. The van der Waals surface area contributed by atoms with Gasteiger partial charge in [-0.3, -0.25) is 0 Å². The van der Waals surface area contributed by atoms with E-state index in [1.165, 1.54) is 6.42 Å². The van der Waals surface area contributed by atoms with Crippen LogP contribution in [0.1, 0.15) is 50.4 Å². The van der Waals surface area contributed by atoms with Gasteiger partial charge in [0.05, 0.1) is 5.60 Å². The molecule has 112 valence electrons. The Morgan fingerprint density at radius 3 is 2.35 bits per heavy atom. The predicted octanol–water partition coefficient (Wildman–Crippen LogP) is 2.93. The first-order valence-corrected chi connectivity index (χ1v) is 7.36. The number of nitrogens with one attached hydrogen (secondary N) is 2. The highest BCUT2D eigenvalue weighted by Crippen LogP contribution is 2.35. The van der Waals surface area contributed by atoms with Crippen LogP contribution in [0.3, 0.4) is 0 Å². The summed E-state index contributed by atoms with van der Waals surface area (Å²) in [6, 6.07) is 0. The number of anilines is 2. The molecule has 0 spiro atoms. The van der Waals surface area contributed by atoms with Crippen molar-refractivity contribution in [2.75, 3.05) is 31.3 Å². The van der Waals surface area contributed by atoms with Gasteiger partial charge < -0.3 is 15.4 Å². The van der Waals surface area contributed by atoms with E-state index in [1.54, 1.807) is 7.11 Å². The highest BCUT2D eigenvalue weighted by atomic mass is 16.5. The number of aromatic nitrogens is 2. The van der Waals surface area contributed by atoms with Crippen LogP contribution in [0.2, 0.25) is 0 Å². The van der Waals surface area contributed by atoms with Gasteiger partial charge in [0.2, 0.25) is 0 Å². The van der Waals surface area contributed by atoms with Crippen LogP contribution in [0.4, 0.5) is 11.6 Å². The third-order valence-electron chi connectivity index (χ3n) is 4.19. The zero-order valence-electron chi connectivity index (χ0n) is 13.2. The maximum atomic E-state index is 5.65. The smallest absolute Gasteiger partial charge is 0.135 e. The fourth-order valence-electron chi connectivity index (χ4n) is 2.48. The monoisotopic (exact) mass is 278 g/mol. The molecule has 1 aliphatic rings. The third kappa shape index (κ3) is 2.87. The van der Waals surface area contributed by atoms with Gasteiger partial charge in [-0.2, -0.15) is 0 Å². The Bertz CT molecular complexity index is 464. The van der Waals surface area contributed by atoms with Crippen LogP contribution in [0.25, 0.3) is 0 Å². The van der Waals surface area contributed by atoms with Crippen LogP contribution in [0.15, 0.2) is 0 Å². The van der Waals surface area contributed by atoms with E-state index in [-0.39, 0.29) is 5.60 Å². The van der Waals surface area contributed by atoms with Gasteiger partial charge in [-0.25, -0.2) is 9.97 Å². The number of ether oxygens (including phenoxy) is 1. The van der Waals surface area contributed by atoms with E-state index in [2.05, 4.69) is 34.4 Å². The summed E-state index contributed by atoms with van der Waals surface area (Å²) < 4.78 is 5.65. The third-order valence-corrected chi connectivity index (χ3v) is 4.19. The lowest BCUT2D eigenvalue weighted by Crippen LogP contribution is -2.45. The van der Waals surface area contributed by atoms with Crippen molar-refractivity contribution in [1.82, 2.24) is 9.97 Å². The van der Waals surface area contributed by atoms with Gasteiger partial charge in [-0.1, -0.05) is 13.8 Å². The molecule has 1 aliphatic carbocycles. The molecule has 2 N–H and O–H groups in total. The van der Waals surface area contributed by atoms with Crippen molar-refractivity contribution in [1.29, 1.82) is 0 Å². The van der Waals surface area contributed by atoms with Crippen molar-refractivity contribution < 1.29 is 4.74 Å². The molecule has 20 heavy (non-hydrogen) atoms. The summed E-state index contributed by atoms with van der Waals surface area (Å²) in [6.07, 6.45) is 3.49. The zero-order chi connectivity index (χ0) is 14.8. The minimum atomic E-state index is -0.00477. The molecule has 0 bridgehead atoms. The molecule has 2 rings (SSSR count). The Morgan fingerprint density at radius 2 is 1.90 bits per heavy atom. The largest absolute Gasteiger partial charge is 0.376 e. The SMILES string of the molecule is CNc1nc(C(C)C)nc(NCC2(OC)CCC2)c1C. The lowest BCUT2D eigenvalue weighted by atomic mass is 9.80. The number of methoxy groups -OCH3 is 1. The van der Waals surface area contributed by atoms with Gasteiger partial charge >= 0.3 is 0 Å². The summed E-state index contributed by atoms with van der Waals surface area (Å²) in [4.78, 5) is 9.21. The standard InChI is InChI=1S/C15H26N4O/c1-10(2)12-18-13(16-4)11(3)14(19-12)17-9-15(20-5)7-6-8-15/h10H,6-9H2,1-5H3,(H2,16,17,18,19). The summed E-state index contributed by atoms with van der Waals surface area (Å²) in [6.45, 7) is 7.06. The molecule has 0 atom stereocenters. The fraction of sp³-hybridized carbons (Fsp3) is 0.733. The Balaban J connectivity index is 2.19. The molecule has 1 saturated carbocycles. The lowest BCUT2D eigenvalue weighted by Gasteiger charge is -2.40. The molecule has 0 radical (unpaired) electrons. The summed E-state index contributed by atoms with van der Waals surface area (Å²) in [7, 11) is 3.69. The fourth-order valence-corrected chi connectivity index (χ4v) is 2.48. The van der Waals surface area contributed by atoms with Gasteiger partial charge in [-0.05, 0) is 26.2 Å². The molecular weight excluding hydrogens is 252 g/mol. The van der Waals surface area contributed by atoms with Crippen molar-refractivity contribution in [2.45, 2.75) is 51.6 Å². The summed E-state index contributed by atoms with van der Waals surface area (Å²) in [5, 5.41) is 6.61. The first kappa shape index (κ1) is 15.0. The molecule has 0 unspecified atom stereocenters. The van der Waals surface area contributed by atoms with Gasteiger partial charge in [0.25, 0.3) is 0 Å². The minimum absolute atomic E-state index is 0.00477.